The van der Waals surface area contributed by atoms with Gasteiger partial charge in [0.2, 0.25) is 5.91 Å². The molecule has 0 bridgehead atoms. The molecule has 1 amide bonds. The molecule has 1 N–H and O–H groups in total. The van der Waals surface area contributed by atoms with Gasteiger partial charge in [0.1, 0.15) is 18.9 Å². The number of nitrogens with one attached hydrogen (secondary N) is 1. The summed E-state index contributed by atoms with van der Waals surface area (Å²) >= 11 is 0. The molecule has 4 nitrogen and oxygen atoms in total. The molecule has 1 aromatic carbocycles. The average Bonchev–Trinajstić information content (AvgIpc) is 2.71. The van der Waals surface area contributed by atoms with Gasteiger partial charge in [0.15, 0.2) is 0 Å². The zero-order valence-electron chi connectivity index (χ0n) is 10.2. The maximum atomic E-state index is 12.7. The van der Waals surface area contributed by atoms with Crippen LogP contribution in [-0.4, -0.2) is 11.7 Å². The molecule has 0 saturated carbocycles. The summed E-state index contributed by atoms with van der Waals surface area (Å²) in [6.07, 6.45) is -1.90. The maximum Gasteiger partial charge on any atom is 0.416 e. The Hall–Kier alpha value is -2.18. The van der Waals surface area contributed by atoms with E-state index in [0.29, 0.717) is 11.3 Å². The van der Waals surface area contributed by atoms with E-state index in [1.54, 1.807) is 0 Å². The third-order valence-electron chi connectivity index (χ3n) is 3.22. The Morgan fingerprint density at radius 3 is 2.50 bits per heavy atom. The lowest BCUT2D eigenvalue weighted by Crippen LogP contribution is -2.35. The van der Waals surface area contributed by atoms with Gasteiger partial charge < -0.3 is 14.8 Å². The SMILES string of the molecule is O=C1CC2(Cc3cc(C(F)(F)F)ccc3N1)OC=CO2. The summed E-state index contributed by atoms with van der Waals surface area (Å²) < 4.78 is 48.8. The molecule has 0 atom stereocenters. The molecule has 2 heterocycles. The number of hydrogen-bond donors (Lipinski definition) is 1. The number of fused-ring (bicyclic) bond motifs is 1. The fourth-order valence-corrected chi connectivity index (χ4v) is 2.33. The van der Waals surface area contributed by atoms with Crippen molar-refractivity contribution in [1.29, 1.82) is 0 Å². The second-order valence-corrected chi connectivity index (χ2v) is 4.69. The third-order valence-corrected chi connectivity index (χ3v) is 3.22. The van der Waals surface area contributed by atoms with Gasteiger partial charge in [-0.2, -0.15) is 13.2 Å². The molecule has 0 fully saturated rings. The number of carbonyl (C=O) groups is 1. The number of rotatable bonds is 0. The van der Waals surface area contributed by atoms with Gasteiger partial charge in [0, 0.05) is 5.69 Å². The van der Waals surface area contributed by atoms with Crippen molar-refractivity contribution in [3.63, 3.8) is 0 Å². The van der Waals surface area contributed by atoms with Crippen LogP contribution in [0.15, 0.2) is 30.7 Å². The number of alkyl halides is 3. The molecule has 20 heavy (non-hydrogen) atoms. The first-order chi connectivity index (χ1) is 9.38. The zero-order valence-corrected chi connectivity index (χ0v) is 10.2. The summed E-state index contributed by atoms with van der Waals surface area (Å²) in [5, 5.41) is 2.56. The second kappa shape index (κ2) is 4.16. The van der Waals surface area contributed by atoms with Crippen LogP contribution in [0.4, 0.5) is 18.9 Å². The van der Waals surface area contributed by atoms with E-state index in [-0.39, 0.29) is 18.7 Å². The Balaban J connectivity index is 2.02. The first-order valence-corrected chi connectivity index (χ1v) is 5.89. The first kappa shape index (κ1) is 12.8. The highest BCUT2D eigenvalue weighted by Crippen LogP contribution is 2.37. The minimum Gasteiger partial charge on any atom is -0.456 e. The Bertz CT molecular complexity index is 587. The molecule has 0 saturated heterocycles. The van der Waals surface area contributed by atoms with E-state index in [1.807, 2.05) is 0 Å². The molecule has 1 spiro atoms. The number of amides is 1. The predicted molar refractivity (Wildman–Crippen MR) is 62.4 cm³/mol. The Morgan fingerprint density at radius 2 is 1.85 bits per heavy atom. The third kappa shape index (κ3) is 2.19. The Labute approximate surface area is 112 Å². The predicted octanol–water partition coefficient (Wildman–Crippen LogP) is 2.80. The summed E-state index contributed by atoms with van der Waals surface area (Å²) in [7, 11) is 0. The topological polar surface area (TPSA) is 47.6 Å². The molecule has 106 valence electrons. The second-order valence-electron chi connectivity index (χ2n) is 4.69. The summed E-state index contributed by atoms with van der Waals surface area (Å²) in [5.74, 6) is -1.62. The molecule has 0 aliphatic carbocycles. The van der Waals surface area contributed by atoms with E-state index in [1.165, 1.54) is 18.6 Å². The molecule has 1 aromatic rings. The monoisotopic (exact) mass is 285 g/mol. The fourth-order valence-electron chi connectivity index (χ4n) is 2.33. The van der Waals surface area contributed by atoms with Crippen LogP contribution in [0.25, 0.3) is 0 Å². The van der Waals surface area contributed by atoms with Crippen LogP contribution in [0, 0.1) is 0 Å². The summed E-state index contributed by atoms with van der Waals surface area (Å²) in [6, 6.07) is 3.19. The lowest BCUT2D eigenvalue weighted by atomic mass is 10.00. The lowest BCUT2D eigenvalue weighted by molar-refractivity contribution is -0.155. The largest absolute Gasteiger partial charge is 0.456 e. The Morgan fingerprint density at radius 1 is 1.15 bits per heavy atom. The minimum atomic E-state index is -4.44. The zero-order chi connectivity index (χ0) is 14.4. The van der Waals surface area contributed by atoms with Gasteiger partial charge in [-0.3, -0.25) is 4.79 Å². The molecule has 0 aromatic heterocycles. The van der Waals surface area contributed by atoms with Crippen LogP contribution in [-0.2, 0) is 26.9 Å². The van der Waals surface area contributed by atoms with Crippen LogP contribution in [0.3, 0.4) is 0 Å². The van der Waals surface area contributed by atoms with Gasteiger partial charge in [0.25, 0.3) is 5.79 Å². The van der Waals surface area contributed by atoms with E-state index < -0.39 is 17.5 Å². The van der Waals surface area contributed by atoms with Crippen LogP contribution >= 0.6 is 0 Å². The summed E-state index contributed by atoms with van der Waals surface area (Å²) in [5.41, 5.74) is -0.0955. The highest BCUT2D eigenvalue weighted by atomic mass is 19.4. The summed E-state index contributed by atoms with van der Waals surface area (Å²) in [6.45, 7) is 0. The minimum absolute atomic E-state index is 0.0536. The molecular weight excluding hydrogens is 275 g/mol. The molecule has 7 heteroatoms. The molecule has 2 aliphatic rings. The lowest BCUT2D eigenvalue weighted by Gasteiger charge is -2.25. The van der Waals surface area contributed by atoms with Crippen LogP contribution in [0.1, 0.15) is 17.5 Å². The van der Waals surface area contributed by atoms with Gasteiger partial charge in [0.05, 0.1) is 12.0 Å². The van der Waals surface area contributed by atoms with Gasteiger partial charge in [-0.05, 0) is 23.8 Å². The highest BCUT2D eigenvalue weighted by Gasteiger charge is 2.42. The van der Waals surface area contributed by atoms with Crippen molar-refractivity contribution in [2.45, 2.75) is 24.8 Å². The molecule has 3 rings (SSSR count). The van der Waals surface area contributed by atoms with Crippen molar-refractivity contribution >= 4 is 11.6 Å². The number of benzene rings is 1. The van der Waals surface area contributed by atoms with Gasteiger partial charge in [-0.1, -0.05) is 0 Å². The smallest absolute Gasteiger partial charge is 0.416 e. The number of carbonyl (C=O) groups excluding carboxylic acids is 1. The number of ether oxygens (including phenoxy) is 2. The van der Waals surface area contributed by atoms with Gasteiger partial charge in [-0.25, -0.2) is 0 Å². The first-order valence-electron chi connectivity index (χ1n) is 5.89. The normalized spacial score (nSPS) is 19.9. The maximum absolute atomic E-state index is 12.7. The van der Waals surface area contributed by atoms with E-state index in [0.717, 1.165) is 12.1 Å². The van der Waals surface area contributed by atoms with Crippen LogP contribution < -0.4 is 5.32 Å². The van der Waals surface area contributed by atoms with Crippen LogP contribution in [0.2, 0.25) is 0 Å². The van der Waals surface area contributed by atoms with Crippen molar-refractivity contribution in [2.24, 2.45) is 0 Å². The number of halogens is 3. The van der Waals surface area contributed by atoms with Crippen molar-refractivity contribution < 1.29 is 27.4 Å². The molecule has 0 unspecified atom stereocenters. The average molecular weight is 285 g/mol. The van der Waals surface area contributed by atoms with E-state index >= 15 is 0 Å². The van der Waals surface area contributed by atoms with E-state index in [4.69, 9.17) is 9.47 Å². The number of hydrogen-bond acceptors (Lipinski definition) is 3. The Kier molecular flexibility index (Phi) is 2.67. The highest BCUT2D eigenvalue weighted by molar-refractivity contribution is 5.93. The quantitative estimate of drug-likeness (QED) is 0.797. The summed E-state index contributed by atoms with van der Waals surface area (Å²) in [4.78, 5) is 11.8. The molecule has 0 radical (unpaired) electrons. The van der Waals surface area contributed by atoms with Gasteiger partial charge >= 0.3 is 6.18 Å². The van der Waals surface area contributed by atoms with Crippen molar-refractivity contribution in [3.05, 3.63) is 41.9 Å². The number of anilines is 1. The van der Waals surface area contributed by atoms with Gasteiger partial charge in [-0.15, -0.1) is 0 Å². The van der Waals surface area contributed by atoms with E-state index in [9.17, 15) is 18.0 Å². The van der Waals surface area contributed by atoms with Crippen molar-refractivity contribution in [2.75, 3.05) is 5.32 Å². The van der Waals surface area contributed by atoms with Crippen LogP contribution in [0.5, 0.6) is 0 Å². The standard InChI is InChI=1S/C13H10F3NO3/c14-13(15,16)9-1-2-10-8(5-9)6-12(7-11(18)17-10)19-3-4-20-12/h1-5H,6-7H2,(H,17,18). The molecular formula is C13H10F3NO3. The fraction of sp³-hybridized carbons (Fsp3) is 0.308. The van der Waals surface area contributed by atoms with E-state index in [2.05, 4.69) is 5.32 Å². The van der Waals surface area contributed by atoms with Crippen molar-refractivity contribution in [3.8, 4) is 0 Å². The molecule has 2 aliphatic heterocycles. The van der Waals surface area contributed by atoms with Crippen molar-refractivity contribution in [1.82, 2.24) is 0 Å².